The zero-order valence-electron chi connectivity index (χ0n) is 15.8. The number of nitrogen functional groups attached to an aromatic ring is 1. The number of anilines is 1. The van der Waals surface area contributed by atoms with Crippen LogP contribution < -0.4 is 5.73 Å². The highest BCUT2D eigenvalue weighted by Crippen LogP contribution is 2.39. The monoisotopic (exact) mass is 414 g/mol. The van der Waals surface area contributed by atoms with Gasteiger partial charge < -0.3 is 15.4 Å². The Bertz CT molecular complexity index is 1000. The third kappa shape index (κ3) is 3.72. The number of thioether (sulfide) groups is 1. The fraction of sp³-hybridized carbons (Fsp3) is 0.350. The first-order chi connectivity index (χ1) is 13.5. The Balaban J connectivity index is 1.69. The van der Waals surface area contributed by atoms with Gasteiger partial charge in [-0.05, 0) is 25.0 Å². The molecule has 1 aliphatic heterocycles. The van der Waals surface area contributed by atoms with E-state index in [2.05, 4.69) is 11.9 Å². The summed E-state index contributed by atoms with van der Waals surface area (Å²) in [6, 6.07) is 9.77. The number of ether oxygens (including phenoxy) is 1. The molecule has 4 rings (SSSR count). The van der Waals surface area contributed by atoms with Crippen molar-refractivity contribution in [3.8, 4) is 0 Å². The third-order valence-corrected chi connectivity index (χ3v) is 7.11. The number of benzene rings is 1. The number of nitrogens with zero attached hydrogens (tertiary/aromatic N) is 3. The first-order valence-electron chi connectivity index (χ1n) is 9.16. The molecule has 0 bridgehead atoms. The van der Waals surface area contributed by atoms with E-state index >= 15 is 0 Å². The lowest BCUT2D eigenvalue weighted by atomic mass is 10.1. The van der Waals surface area contributed by atoms with Crippen molar-refractivity contribution >= 4 is 45.0 Å². The summed E-state index contributed by atoms with van der Waals surface area (Å²) in [5.41, 5.74) is 8.29. The van der Waals surface area contributed by atoms with Crippen molar-refractivity contribution in [2.75, 3.05) is 32.0 Å². The highest BCUT2D eigenvalue weighted by Gasteiger charge is 2.29. The standard InChI is InChI=1S/C20H22N4O2S2/c1-12-13(2)27-18-15(12)17(21)22-20(23-18)28-16(14-6-4-3-5-7-14)19(25)24-8-10-26-11-9-24/h3-7,16H,8-11H2,1-2H3,(H2,21,22,23). The predicted molar refractivity (Wildman–Crippen MR) is 114 cm³/mol. The van der Waals surface area contributed by atoms with E-state index in [1.54, 1.807) is 11.3 Å². The molecule has 0 radical (unpaired) electrons. The minimum atomic E-state index is -0.418. The topological polar surface area (TPSA) is 81.3 Å². The van der Waals surface area contributed by atoms with Gasteiger partial charge in [-0.25, -0.2) is 9.97 Å². The minimum Gasteiger partial charge on any atom is -0.383 e. The molecule has 2 N–H and O–H groups in total. The van der Waals surface area contributed by atoms with E-state index < -0.39 is 5.25 Å². The van der Waals surface area contributed by atoms with E-state index in [9.17, 15) is 4.79 Å². The molecule has 0 spiro atoms. The third-order valence-electron chi connectivity index (χ3n) is 4.91. The second-order valence-corrected chi connectivity index (χ2v) is 8.98. The second-order valence-electron chi connectivity index (χ2n) is 6.70. The first-order valence-corrected chi connectivity index (χ1v) is 10.9. The minimum absolute atomic E-state index is 0.0558. The van der Waals surface area contributed by atoms with Gasteiger partial charge in [-0.1, -0.05) is 42.1 Å². The largest absolute Gasteiger partial charge is 0.383 e. The quantitative estimate of drug-likeness (QED) is 0.519. The van der Waals surface area contributed by atoms with Gasteiger partial charge in [0.05, 0.1) is 18.6 Å². The van der Waals surface area contributed by atoms with Crippen LogP contribution in [0, 0.1) is 13.8 Å². The summed E-state index contributed by atoms with van der Waals surface area (Å²) < 4.78 is 5.39. The van der Waals surface area contributed by atoms with E-state index in [0.29, 0.717) is 37.3 Å². The molecule has 6 nitrogen and oxygen atoms in total. The van der Waals surface area contributed by atoms with Crippen LogP contribution in [0.4, 0.5) is 5.82 Å². The number of nitrogens with two attached hydrogens (primary N) is 1. The summed E-state index contributed by atoms with van der Waals surface area (Å²) in [6.07, 6.45) is 0. The number of aryl methyl sites for hydroxylation is 2. The van der Waals surface area contributed by atoms with Crippen molar-refractivity contribution in [1.82, 2.24) is 14.9 Å². The number of carbonyl (C=O) groups excluding carboxylic acids is 1. The van der Waals surface area contributed by atoms with Crippen LogP contribution in [-0.2, 0) is 9.53 Å². The lowest BCUT2D eigenvalue weighted by Crippen LogP contribution is -2.42. The number of amides is 1. The molecule has 1 aromatic carbocycles. The molecule has 1 saturated heterocycles. The molecule has 1 aliphatic rings. The summed E-state index contributed by atoms with van der Waals surface area (Å²) >= 11 is 2.97. The maximum atomic E-state index is 13.3. The Morgan fingerprint density at radius 3 is 2.64 bits per heavy atom. The van der Waals surface area contributed by atoms with Crippen LogP contribution >= 0.6 is 23.1 Å². The maximum Gasteiger partial charge on any atom is 0.240 e. The highest BCUT2D eigenvalue weighted by atomic mass is 32.2. The van der Waals surface area contributed by atoms with Crippen molar-refractivity contribution in [2.45, 2.75) is 24.3 Å². The van der Waals surface area contributed by atoms with Crippen LogP contribution in [0.5, 0.6) is 0 Å². The van der Waals surface area contributed by atoms with Crippen LogP contribution in [0.25, 0.3) is 10.2 Å². The summed E-state index contributed by atoms with van der Waals surface area (Å²) in [5.74, 6) is 0.528. The summed E-state index contributed by atoms with van der Waals surface area (Å²) in [5, 5.41) is 1.03. The SMILES string of the molecule is Cc1sc2nc(SC(C(=O)N3CCOCC3)c3ccccc3)nc(N)c2c1C. The van der Waals surface area contributed by atoms with Crippen molar-refractivity contribution in [3.63, 3.8) is 0 Å². The predicted octanol–water partition coefficient (Wildman–Crippen LogP) is 3.58. The maximum absolute atomic E-state index is 13.3. The number of thiophene rings is 1. The Labute approximate surface area is 172 Å². The Morgan fingerprint density at radius 1 is 1.21 bits per heavy atom. The fourth-order valence-corrected chi connectivity index (χ4v) is 5.40. The lowest BCUT2D eigenvalue weighted by Gasteiger charge is -2.30. The van der Waals surface area contributed by atoms with Gasteiger partial charge in [0.15, 0.2) is 5.16 Å². The van der Waals surface area contributed by atoms with Gasteiger partial charge in [-0.3, -0.25) is 4.79 Å². The van der Waals surface area contributed by atoms with Crippen LogP contribution in [0.2, 0.25) is 0 Å². The molecule has 1 atom stereocenters. The summed E-state index contributed by atoms with van der Waals surface area (Å²) in [6.45, 7) is 6.45. The van der Waals surface area contributed by atoms with Crippen molar-refractivity contribution in [1.29, 1.82) is 0 Å². The molecule has 0 saturated carbocycles. The van der Waals surface area contributed by atoms with Gasteiger partial charge in [0.25, 0.3) is 0 Å². The summed E-state index contributed by atoms with van der Waals surface area (Å²) in [7, 11) is 0. The van der Waals surface area contributed by atoms with Gasteiger partial charge in [0, 0.05) is 18.0 Å². The fourth-order valence-electron chi connectivity index (χ4n) is 3.26. The van der Waals surface area contributed by atoms with E-state index in [4.69, 9.17) is 15.5 Å². The summed E-state index contributed by atoms with van der Waals surface area (Å²) in [4.78, 5) is 26.4. The first kappa shape index (κ1) is 19.2. The molecule has 3 aromatic rings. The Kier molecular flexibility index (Phi) is 5.52. The Morgan fingerprint density at radius 2 is 1.93 bits per heavy atom. The van der Waals surface area contributed by atoms with E-state index in [-0.39, 0.29) is 5.91 Å². The molecule has 2 aromatic heterocycles. The number of aromatic nitrogens is 2. The normalized spacial score (nSPS) is 15.7. The van der Waals surface area contributed by atoms with Crippen molar-refractivity contribution < 1.29 is 9.53 Å². The van der Waals surface area contributed by atoms with Crippen LogP contribution in [-0.4, -0.2) is 47.1 Å². The van der Waals surface area contributed by atoms with Crippen LogP contribution in [0.1, 0.15) is 21.3 Å². The zero-order chi connectivity index (χ0) is 19.7. The lowest BCUT2D eigenvalue weighted by molar-refractivity contribution is -0.134. The van der Waals surface area contributed by atoms with E-state index in [1.807, 2.05) is 42.2 Å². The van der Waals surface area contributed by atoms with E-state index in [0.717, 1.165) is 21.3 Å². The second kappa shape index (κ2) is 8.06. The smallest absolute Gasteiger partial charge is 0.240 e. The molecular formula is C20H22N4O2S2. The molecular weight excluding hydrogens is 392 g/mol. The molecule has 1 fully saturated rings. The molecule has 28 heavy (non-hydrogen) atoms. The molecule has 0 aliphatic carbocycles. The molecule has 1 amide bonds. The van der Waals surface area contributed by atoms with Gasteiger partial charge in [0.1, 0.15) is 15.9 Å². The zero-order valence-corrected chi connectivity index (χ0v) is 17.5. The number of carbonyl (C=O) groups is 1. The van der Waals surface area contributed by atoms with Crippen LogP contribution in [0.15, 0.2) is 35.5 Å². The van der Waals surface area contributed by atoms with Gasteiger partial charge in [-0.15, -0.1) is 11.3 Å². The molecule has 1 unspecified atom stereocenters. The molecule has 146 valence electrons. The molecule has 3 heterocycles. The van der Waals surface area contributed by atoms with E-state index in [1.165, 1.54) is 16.6 Å². The number of hydrogen-bond acceptors (Lipinski definition) is 7. The number of hydrogen-bond donors (Lipinski definition) is 1. The number of morpholine rings is 1. The number of rotatable bonds is 4. The van der Waals surface area contributed by atoms with Gasteiger partial charge >= 0.3 is 0 Å². The van der Waals surface area contributed by atoms with Crippen LogP contribution in [0.3, 0.4) is 0 Å². The average molecular weight is 415 g/mol. The highest BCUT2D eigenvalue weighted by molar-refractivity contribution is 8.00. The van der Waals surface area contributed by atoms with Gasteiger partial charge in [0.2, 0.25) is 5.91 Å². The average Bonchev–Trinajstić information content (AvgIpc) is 3.01. The Hall–Kier alpha value is -2.16. The van der Waals surface area contributed by atoms with Crippen molar-refractivity contribution in [3.05, 3.63) is 46.3 Å². The van der Waals surface area contributed by atoms with Gasteiger partial charge in [-0.2, -0.15) is 0 Å². The molecule has 8 heteroatoms. The van der Waals surface area contributed by atoms with Crippen molar-refractivity contribution in [2.24, 2.45) is 0 Å². The number of fused-ring (bicyclic) bond motifs is 1.